The standard InChI is InChI=1S/C13H12N2O3S2/c1-8-15-11(7-19-8)13(18)14-6-10-3-2-9(20-10)4-5-12(16)17/h2-5,7H,6H2,1H3,(H,14,18)(H,16,17)/b5-4+. The number of carboxylic acids is 1. The molecule has 7 heteroatoms. The number of carbonyl (C=O) groups excluding carboxylic acids is 1. The number of aromatic nitrogens is 1. The predicted octanol–water partition coefficient (Wildman–Crippen LogP) is 2.54. The molecule has 5 nitrogen and oxygen atoms in total. The lowest BCUT2D eigenvalue weighted by Crippen LogP contribution is -2.22. The van der Waals surface area contributed by atoms with Crippen molar-refractivity contribution in [2.75, 3.05) is 0 Å². The minimum absolute atomic E-state index is 0.203. The Morgan fingerprint density at radius 3 is 2.90 bits per heavy atom. The lowest BCUT2D eigenvalue weighted by Gasteiger charge is -2.00. The van der Waals surface area contributed by atoms with Gasteiger partial charge in [0.15, 0.2) is 0 Å². The van der Waals surface area contributed by atoms with Crippen LogP contribution in [0.5, 0.6) is 0 Å². The summed E-state index contributed by atoms with van der Waals surface area (Å²) in [5.74, 6) is -1.18. The SMILES string of the molecule is Cc1nc(C(=O)NCc2ccc(/C=C/C(=O)O)s2)cs1. The second kappa shape index (κ2) is 6.44. The van der Waals surface area contributed by atoms with Crippen LogP contribution in [0.15, 0.2) is 23.6 Å². The molecule has 0 spiro atoms. The van der Waals surface area contributed by atoms with Gasteiger partial charge < -0.3 is 10.4 Å². The van der Waals surface area contributed by atoms with E-state index in [0.717, 1.165) is 20.8 Å². The fraction of sp³-hybridized carbons (Fsp3) is 0.154. The highest BCUT2D eigenvalue weighted by Crippen LogP contribution is 2.18. The molecule has 20 heavy (non-hydrogen) atoms. The van der Waals surface area contributed by atoms with Crippen LogP contribution in [0.25, 0.3) is 6.08 Å². The Bertz CT molecular complexity index is 658. The highest BCUT2D eigenvalue weighted by Gasteiger charge is 2.09. The van der Waals surface area contributed by atoms with Crippen molar-refractivity contribution in [3.05, 3.63) is 44.0 Å². The van der Waals surface area contributed by atoms with Crippen molar-refractivity contribution >= 4 is 40.6 Å². The molecule has 0 bridgehead atoms. The Morgan fingerprint density at radius 1 is 1.45 bits per heavy atom. The molecule has 2 N–H and O–H groups in total. The Hall–Kier alpha value is -1.99. The summed E-state index contributed by atoms with van der Waals surface area (Å²) >= 11 is 2.87. The van der Waals surface area contributed by atoms with Crippen LogP contribution in [0.2, 0.25) is 0 Å². The number of carboxylic acid groups (broad SMARTS) is 1. The molecule has 1 amide bonds. The summed E-state index contributed by atoms with van der Waals surface area (Å²) in [6, 6.07) is 3.68. The highest BCUT2D eigenvalue weighted by molar-refractivity contribution is 7.12. The van der Waals surface area contributed by atoms with Crippen molar-refractivity contribution in [1.29, 1.82) is 0 Å². The number of nitrogens with zero attached hydrogens (tertiary/aromatic N) is 1. The molecule has 0 aliphatic rings. The summed E-state index contributed by atoms with van der Waals surface area (Å²) in [6.45, 7) is 2.25. The van der Waals surface area contributed by atoms with Crippen LogP contribution in [0.4, 0.5) is 0 Å². The van der Waals surface area contributed by atoms with Crippen molar-refractivity contribution in [2.45, 2.75) is 13.5 Å². The fourth-order valence-electron chi connectivity index (χ4n) is 1.46. The van der Waals surface area contributed by atoms with Crippen molar-refractivity contribution in [3.63, 3.8) is 0 Å². The fourth-order valence-corrected chi connectivity index (χ4v) is 2.91. The first-order valence-electron chi connectivity index (χ1n) is 5.74. The van der Waals surface area contributed by atoms with Crippen molar-refractivity contribution in [2.24, 2.45) is 0 Å². The van der Waals surface area contributed by atoms with Crippen LogP contribution in [0.1, 0.15) is 25.3 Å². The van der Waals surface area contributed by atoms with Gasteiger partial charge in [-0.2, -0.15) is 0 Å². The predicted molar refractivity (Wildman–Crippen MR) is 79.0 cm³/mol. The van der Waals surface area contributed by atoms with Gasteiger partial charge in [0.25, 0.3) is 5.91 Å². The van der Waals surface area contributed by atoms with Gasteiger partial charge >= 0.3 is 5.97 Å². The van der Waals surface area contributed by atoms with E-state index in [-0.39, 0.29) is 5.91 Å². The van der Waals surface area contributed by atoms with Gasteiger partial charge in [-0.1, -0.05) is 0 Å². The second-order valence-corrected chi connectivity index (χ2v) is 6.17. The molecule has 0 aliphatic carbocycles. The molecule has 2 aromatic heterocycles. The van der Waals surface area contributed by atoms with Gasteiger partial charge in [-0.3, -0.25) is 4.79 Å². The minimum Gasteiger partial charge on any atom is -0.478 e. The van der Waals surface area contributed by atoms with Crippen LogP contribution in [-0.4, -0.2) is 22.0 Å². The third kappa shape index (κ3) is 4.01. The molecule has 0 saturated carbocycles. The van der Waals surface area contributed by atoms with E-state index >= 15 is 0 Å². The average molecular weight is 308 g/mol. The monoisotopic (exact) mass is 308 g/mol. The molecule has 0 radical (unpaired) electrons. The number of hydrogen-bond donors (Lipinski definition) is 2. The van der Waals surface area contributed by atoms with Crippen LogP contribution in [0, 0.1) is 6.92 Å². The first-order valence-corrected chi connectivity index (χ1v) is 7.44. The maximum absolute atomic E-state index is 11.8. The third-order valence-corrected chi connectivity index (χ3v) is 4.17. The smallest absolute Gasteiger partial charge is 0.328 e. The number of amides is 1. The Balaban J connectivity index is 1.91. The molecule has 0 aromatic carbocycles. The molecule has 0 unspecified atom stereocenters. The average Bonchev–Trinajstić information content (AvgIpc) is 3.02. The van der Waals surface area contributed by atoms with E-state index in [0.29, 0.717) is 12.2 Å². The Labute approximate surface area is 123 Å². The maximum Gasteiger partial charge on any atom is 0.328 e. The van der Waals surface area contributed by atoms with Crippen LogP contribution >= 0.6 is 22.7 Å². The highest BCUT2D eigenvalue weighted by atomic mass is 32.1. The molecule has 2 rings (SSSR count). The first kappa shape index (κ1) is 14.4. The molecular formula is C13H12N2O3S2. The normalized spacial score (nSPS) is 10.8. The van der Waals surface area contributed by atoms with E-state index in [9.17, 15) is 9.59 Å². The first-order chi connectivity index (χ1) is 9.54. The Kier molecular flexibility index (Phi) is 4.65. The third-order valence-electron chi connectivity index (χ3n) is 2.35. The number of hydrogen-bond acceptors (Lipinski definition) is 5. The zero-order chi connectivity index (χ0) is 14.5. The number of thiazole rings is 1. The van der Waals surface area contributed by atoms with Gasteiger partial charge in [-0.15, -0.1) is 22.7 Å². The maximum atomic E-state index is 11.8. The summed E-state index contributed by atoms with van der Waals surface area (Å²) in [6.07, 6.45) is 2.62. The van der Waals surface area contributed by atoms with Crippen molar-refractivity contribution in [3.8, 4) is 0 Å². The van der Waals surface area contributed by atoms with E-state index < -0.39 is 5.97 Å². The number of nitrogens with one attached hydrogen (secondary N) is 1. The number of aryl methyl sites for hydroxylation is 1. The zero-order valence-corrected chi connectivity index (χ0v) is 12.3. The molecular weight excluding hydrogens is 296 g/mol. The minimum atomic E-state index is -0.979. The number of rotatable bonds is 5. The topological polar surface area (TPSA) is 79.3 Å². The van der Waals surface area contributed by atoms with Gasteiger partial charge in [-0.25, -0.2) is 9.78 Å². The second-order valence-electron chi connectivity index (χ2n) is 3.91. The molecule has 0 saturated heterocycles. The Morgan fingerprint density at radius 2 is 2.25 bits per heavy atom. The quantitative estimate of drug-likeness (QED) is 0.832. The van der Waals surface area contributed by atoms with Crippen LogP contribution in [0.3, 0.4) is 0 Å². The van der Waals surface area contributed by atoms with Crippen molar-refractivity contribution < 1.29 is 14.7 Å². The lowest BCUT2D eigenvalue weighted by molar-refractivity contribution is -0.131. The van der Waals surface area contributed by atoms with Gasteiger partial charge in [0.05, 0.1) is 11.6 Å². The van der Waals surface area contributed by atoms with Gasteiger partial charge in [0.2, 0.25) is 0 Å². The summed E-state index contributed by atoms with van der Waals surface area (Å²) in [5, 5.41) is 13.9. The van der Waals surface area contributed by atoms with Gasteiger partial charge in [0.1, 0.15) is 5.69 Å². The number of thiophene rings is 1. The van der Waals surface area contributed by atoms with Crippen LogP contribution in [-0.2, 0) is 11.3 Å². The van der Waals surface area contributed by atoms with Crippen LogP contribution < -0.4 is 5.32 Å². The summed E-state index contributed by atoms with van der Waals surface area (Å²) in [5.41, 5.74) is 0.426. The van der Waals surface area contributed by atoms with E-state index in [2.05, 4.69) is 10.3 Å². The molecule has 2 heterocycles. The summed E-state index contributed by atoms with van der Waals surface area (Å²) in [4.78, 5) is 28.1. The van der Waals surface area contributed by atoms with Gasteiger partial charge in [-0.05, 0) is 25.1 Å². The molecule has 0 atom stereocenters. The van der Waals surface area contributed by atoms with Gasteiger partial charge in [0, 0.05) is 21.2 Å². The van der Waals surface area contributed by atoms with E-state index in [1.807, 2.05) is 19.1 Å². The zero-order valence-electron chi connectivity index (χ0n) is 10.6. The number of carbonyl (C=O) groups is 2. The number of aliphatic carboxylic acids is 1. The van der Waals surface area contributed by atoms with Crippen molar-refractivity contribution in [1.82, 2.24) is 10.3 Å². The molecule has 0 aliphatic heterocycles. The lowest BCUT2D eigenvalue weighted by atomic mass is 10.4. The molecule has 104 valence electrons. The van der Waals surface area contributed by atoms with E-state index in [1.165, 1.54) is 28.7 Å². The summed E-state index contributed by atoms with van der Waals surface area (Å²) < 4.78 is 0. The molecule has 2 aromatic rings. The summed E-state index contributed by atoms with van der Waals surface area (Å²) in [7, 11) is 0. The van der Waals surface area contributed by atoms with E-state index in [1.54, 1.807) is 5.38 Å². The molecule has 0 fully saturated rings. The van der Waals surface area contributed by atoms with E-state index in [4.69, 9.17) is 5.11 Å². The largest absolute Gasteiger partial charge is 0.478 e.